The summed E-state index contributed by atoms with van der Waals surface area (Å²) in [4.78, 5) is 0.829. The van der Waals surface area contributed by atoms with Crippen LogP contribution < -0.4 is 0 Å². The van der Waals surface area contributed by atoms with Crippen LogP contribution >= 0.6 is 0 Å². The van der Waals surface area contributed by atoms with Gasteiger partial charge in [0.25, 0.3) is 0 Å². The van der Waals surface area contributed by atoms with Crippen molar-refractivity contribution in [2.45, 2.75) is 115 Å². The first-order valence-electron chi connectivity index (χ1n) is 13.9. The maximum Gasteiger partial charge on any atom is 0.243 e. The van der Waals surface area contributed by atoms with Crippen LogP contribution in [0, 0.1) is 25.7 Å². The van der Waals surface area contributed by atoms with Crippen molar-refractivity contribution in [3.63, 3.8) is 0 Å². The first-order valence-corrected chi connectivity index (χ1v) is 16.8. The molecule has 0 amide bonds. The summed E-state index contributed by atoms with van der Waals surface area (Å²) in [7, 11) is -6.73. The molecule has 0 radical (unpaired) electrons. The third-order valence-corrected chi connectivity index (χ3v) is 12.1. The van der Waals surface area contributed by atoms with Gasteiger partial charge in [-0.25, -0.2) is 16.8 Å². The maximum atomic E-state index is 12.8. The number of benzene rings is 2. The molecule has 2 fully saturated rings. The number of rotatable bonds is 6. The number of hydrogen-bond donors (Lipinski definition) is 0. The summed E-state index contributed by atoms with van der Waals surface area (Å²) in [5.74, 6) is 0.704. The summed E-state index contributed by atoms with van der Waals surface area (Å²) in [6.45, 7) is 16.3. The minimum atomic E-state index is -3.37. The second-order valence-electron chi connectivity index (χ2n) is 11.8. The van der Waals surface area contributed by atoms with E-state index in [-0.39, 0.29) is 24.2 Å². The van der Waals surface area contributed by atoms with Gasteiger partial charge in [-0.2, -0.15) is 8.61 Å². The van der Waals surface area contributed by atoms with Gasteiger partial charge in [-0.15, -0.1) is 0 Å². The average molecular weight is 563 g/mol. The zero-order chi connectivity index (χ0) is 28.4. The first-order chi connectivity index (χ1) is 17.7. The van der Waals surface area contributed by atoms with Crippen molar-refractivity contribution in [3.8, 4) is 0 Å². The van der Waals surface area contributed by atoms with Gasteiger partial charge < -0.3 is 0 Å². The van der Waals surface area contributed by atoms with Gasteiger partial charge in [-0.05, 0) is 89.5 Å². The predicted octanol–water partition coefficient (Wildman–Crippen LogP) is 6.39. The second-order valence-corrected chi connectivity index (χ2v) is 15.5. The van der Waals surface area contributed by atoms with Gasteiger partial charge in [0.05, 0.1) is 9.79 Å². The van der Waals surface area contributed by atoms with E-state index in [9.17, 15) is 16.8 Å². The molecule has 212 valence electrons. The topological polar surface area (TPSA) is 74.8 Å². The Kier molecular flexibility index (Phi) is 9.88. The van der Waals surface area contributed by atoms with Crippen molar-refractivity contribution in [1.82, 2.24) is 8.61 Å². The number of nitrogens with zero attached hydrogens (tertiary/aromatic N) is 2. The Morgan fingerprint density at radius 2 is 0.868 bits per heavy atom. The van der Waals surface area contributed by atoms with E-state index >= 15 is 0 Å². The van der Waals surface area contributed by atoms with E-state index in [1.54, 1.807) is 32.9 Å². The highest BCUT2D eigenvalue weighted by atomic mass is 32.2. The Hall–Kier alpha value is -1.74. The largest absolute Gasteiger partial charge is 0.243 e. The predicted molar refractivity (Wildman–Crippen MR) is 155 cm³/mol. The Morgan fingerprint density at radius 3 is 1.13 bits per heavy atom. The van der Waals surface area contributed by atoms with E-state index in [0.29, 0.717) is 21.6 Å². The fraction of sp³-hybridized carbons (Fsp3) is 0.600. The molecule has 0 aliphatic carbocycles. The summed E-state index contributed by atoms with van der Waals surface area (Å²) in [6, 6.07) is 14.7. The molecule has 0 spiro atoms. The molecule has 2 aliphatic rings. The van der Waals surface area contributed by atoms with Gasteiger partial charge in [-0.1, -0.05) is 63.1 Å². The van der Waals surface area contributed by atoms with Crippen LogP contribution in [-0.2, 0) is 20.0 Å². The minimum absolute atomic E-state index is 0.0960. The van der Waals surface area contributed by atoms with E-state index < -0.39 is 20.0 Å². The summed E-state index contributed by atoms with van der Waals surface area (Å²) in [6.07, 6.45) is 3.83. The highest BCUT2D eigenvalue weighted by molar-refractivity contribution is 7.89. The number of aryl methyl sites for hydroxylation is 2. The van der Waals surface area contributed by atoms with E-state index in [2.05, 4.69) is 27.7 Å². The van der Waals surface area contributed by atoms with Crippen LogP contribution in [0.1, 0.15) is 78.4 Å². The van der Waals surface area contributed by atoms with Gasteiger partial charge in [0.2, 0.25) is 20.0 Å². The van der Waals surface area contributed by atoms with E-state index in [1.165, 1.54) is 0 Å². The first kappa shape index (κ1) is 30.8. The Labute approximate surface area is 231 Å². The third kappa shape index (κ3) is 6.52. The zero-order valence-electron chi connectivity index (χ0n) is 24.3. The molecule has 4 atom stereocenters. The lowest BCUT2D eigenvalue weighted by Crippen LogP contribution is -2.42. The van der Waals surface area contributed by atoms with Crippen molar-refractivity contribution >= 4 is 20.0 Å². The van der Waals surface area contributed by atoms with Crippen molar-refractivity contribution in [1.29, 1.82) is 0 Å². The standard InChI is InChI=1S/2C15H23NO2S/c2*1-11(2)15-10-7-13(4)16(15)19(17,18)14-8-5-12(3)6-9-14/h2*5-6,8-9,11,13,15H,7,10H2,1-4H3/t2*13-,15-/m11/s1. The van der Waals surface area contributed by atoms with E-state index in [0.717, 1.165) is 36.8 Å². The molecule has 0 saturated carbocycles. The Bertz CT molecular complexity index is 1170. The minimum Gasteiger partial charge on any atom is -0.207 e. The van der Waals surface area contributed by atoms with Crippen LogP contribution in [0.5, 0.6) is 0 Å². The molecule has 8 heteroatoms. The highest BCUT2D eigenvalue weighted by Gasteiger charge is 2.42. The quantitative estimate of drug-likeness (QED) is 0.409. The van der Waals surface area contributed by atoms with Gasteiger partial charge in [0.15, 0.2) is 0 Å². The van der Waals surface area contributed by atoms with Gasteiger partial charge in [-0.3, -0.25) is 0 Å². The molecule has 0 unspecified atom stereocenters. The molecule has 2 aromatic rings. The van der Waals surface area contributed by atoms with Crippen LogP contribution in [0.4, 0.5) is 0 Å². The smallest absolute Gasteiger partial charge is 0.207 e. The van der Waals surface area contributed by atoms with Crippen molar-refractivity contribution < 1.29 is 16.8 Å². The molecule has 2 saturated heterocycles. The Balaban J connectivity index is 0.000000211. The number of sulfonamides is 2. The molecule has 0 N–H and O–H groups in total. The van der Waals surface area contributed by atoms with Crippen molar-refractivity contribution in [2.24, 2.45) is 11.8 Å². The lowest BCUT2D eigenvalue weighted by atomic mass is 10.0. The summed E-state index contributed by atoms with van der Waals surface area (Å²) in [5.41, 5.74) is 2.16. The average Bonchev–Trinajstić information content (AvgIpc) is 3.44. The van der Waals surface area contributed by atoms with Gasteiger partial charge >= 0.3 is 0 Å². The maximum absolute atomic E-state index is 12.8. The van der Waals surface area contributed by atoms with Crippen LogP contribution in [0.15, 0.2) is 58.3 Å². The van der Waals surface area contributed by atoms with Crippen molar-refractivity contribution in [2.75, 3.05) is 0 Å². The van der Waals surface area contributed by atoms with Crippen LogP contribution in [0.2, 0.25) is 0 Å². The summed E-state index contributed by atoms with van der Waals surface area (Å²) >= 11 is 0. The van der Waals surface area contributed by atoms with Gasteiger partial charge in [0.1, 0.15) is 0 Å². The second kappa shape index (κ2) is 12.2. The van der Waals surface area contributed by atoms with E-state index in [1.807, 2.05) is 52.0 Å². The molecule has 6 nitrogen and oxygen atoms in total. The fourth-order valence-electron chi connectivity index (χ4n) is 5.74. The van der Waals surface area contributed by atoms with Crippen LogP contribution in [-0.4, -0.2) is 49.6 Å². The molecule has 4 rings (SSSR count). The molecule has 2 aromatic carbocycles. The lowest BCUT2D eigenvalue weighted by Gasteiger charge is -2.30. The molecular formula is C30H46N2O4S2. The van der Waals surface area contributed by atoms with Crippen LogP contribution in [0.3, 0.4) is 0 Å². The molecule has 2 aliphatic heterocycles. The number of hydrogen-bond acceptors (Lipinski definition) is 4. The zero-order valence-corrected chi connectivity index (χ0v) is 25.9. The molecule has 38 heavy (non-hydrogen) atoms. The summed E-state index contributed by atoms with van der Waals surface area (Å²) < 4.78 is 54.6. The van der Waals surface area contributed by atoms with Crippen LogP contribution in [0.25, 0.3) is 0 Å². The fourth-order valence-corrected chi connectivity index (χ4v) is 9.75. The monoisotopic (exact) mass is 562 g/mol. The highest BCUT2D eigenvalue weighted by Crippen LogP contribution is 2.35. The lowest BCUT2D eigenvalue weighted by molar-refractivity contribution is 0.279. The molecule has 2 heterocycles. The molecule has 0 bridgehead atoms. The SMILES string of the molecule is Cc1ccc(S(=O)(=O)N2[C@H](C)CC[C@@H]2C(C)C)cc1.Cc1ccc(S(=O)(=O)N2[C@H](C)CC[C@@H]2C(C)C)cc1. The van der Waals surface area contributed by atoms with Crippen molar-refractivity contribution in [3.05, 3.63) is 59.7 Å². The Morgan fingerprint density at radius 1 is 0.579 bits per heavy atom. The van der Waals surface area contributed by atoms with Gasteiger partial charge in [0, 0.05) is 24.2 Å². The molecular weight excluding hydrogens is 516 g/mol. The normalized spacial score (nSPS) is 25.1. The van der Waals surface area contributed by atoms with E-state index in [4.69, 9.17) is 0 Å². The molecule has 0 aromatic heterocycles. The third-order valence-electron chi connectivity index (χ3n) is 8.01. The summed E-state index contributed by atoms with van der Waals surface area (Å²) in [5, 5.41) is 0.